The maximum Gasteiger partial charge on any atom is 0.418 e. The average Bonchev–Trinajstić information content (AvgIpc) is 2.24. The van der Waals surface area contributed by atoms with Crippen LogP contribution in [0.4, 0.5) is 13.2 Å². The normalized spacial score (nSPS) is 14.5. The first kappa shape index (κ1) is 13.5. The molecule has 0 saturated carbocycles. The molecule has 0 bridgehead atoms. The molecular formula is C13H13F3O. The highest BCUT2D eigenvalue weighted by molar-refractivity contribution is 5.71. The molecule has 0 spiro atoms. The van der Waals surface area contributed by atoms with Crippen molar-refractivity contribution in [2.75, 3.05) is 0 Å². The number of aliphatic hydroxyl groups is 1. The van der Waals surface area contributed by atoms with Gasteiger partial charge in [-0.1, -0.05) is 48.6 Å². The number of hydrogen-bond acceptors (Lipinski definition) is 1. The van der Waals surface area contributed by atoms with Gasteiger partial charge in [-0.2, -0.15) is 13.2 Å². The van der Waals surface area contributed by atoms with Crippen LogP contribution < -0.4 is 0 Å². The maximum atomic E-state index is 12.5. The highest BCUT2D eigenvalue weighted by atomic mass is 19.4. The second-order valence-electron chi connectivity index (χ2n) is 3.76. The van der Waals surface area contributed by atoms with E-state index in [4.69, 9.17) is 0 Å². The van der Waals surface area contributed by atoms with Crippen LogP contribution >= 0.6 is 0 Å². The molecule has 1 N–H and O–H groups in total. The number of benzene rings is 1. The number of halogens is 3. The minimum Gasteiger partial charge on any atom is -0.379 e. The van der Waals surface area contributed by atoms with Gasteiger partial charge in [-0.3, -0.25) is 0 Å². The van der Waals surface area contributed by atoms with Gasteiger partial charge in [-0.05, 0) is 18.1 Å². The minimum absolute atomic E-state index is 0.189. The number of aliphatic hydroxyl groups excluding tert-OH is 1. The van der Waals surface area contributed by atoms with Gasteiger partial charge in [0, 0.05) is 0 Å². The molecule has 92 valence electrons. The van der Waals surface area contributed by atoms with Gasteiger partial charge in [0.25, 0.3) is 0 Å². The van der Waals surface area contributed by atoms with Crippen molar-refractivity contribution in [3.8, 4) is 0 Å². The van der Waals surface area contributed by atoms with Crippen LogP contribution in [-0.2, 0) is 0 Å². The topological polar surface area (TPSA) is 20.2 Å². The Kier molecular flexibility index (Phi) is 4.12. The maximum absolute atomic E-state index is 12.5. The zero-order chi connectivity index (χ0) is 13.1. The summed E-state index contributed by atoms with van der Waals surface area (Å²) in [5.41, 5.74) is 0.595. The van der Waals surface area contributed by atoms with Crippen molar-refractivity contribution in [1.82, 2.24) is 0 Å². The molecule has 1 aromatic rings. The van der Waals surface area contributed by atoms with Crippen LogP contribution in [0.5, 0.6) is 0 Å². The Morgan fingerprint density at radius 3 is 2.24 bits per heavy atom. The van der Waals surface area contributed by atoms with Crippen molar-refractivity contribution in [2.45, 2.75) is 19.2 Å². The predicted octanol–water partition coefficient (Wildman–Crippen LogP) is 3.57. The summed E-state index contributed by atoms with van der Waals surface area (Å²) in [6, 6.07) is 7.96. The molecule has 0 aliphatic rings. The fourth-order valence-corrected chi connectivity index (χ4v) is 1.39. The molecule has 4 heteroatoms. The van der Waals surface area contributed by atoms with E-state index in [1.807, 2.05) is 0 Å². The first-order valence-electron chi connectivity index (χ1n) is 4.99. The lowest BCUT2D eigenvalue weighted by Gasteiger charge is -2.18. The second kappa shape index (κ2) is 5.19. The fraction of sp³-hybridized carbons (Fsp3) is 0.231. The molecule has 1 atom stereocenters. The molecule has 0 saturated heterocycles. The Morgan fingerprint density at radius 1 is 1.29 bits per heavy atom. The van der Waals surface area contributed by atoms with E-state index in [0.717, 1.165) is 0 Å². The smallest absolute Gasteiger partial charge is 0.379 e. The largest absolute Gasteiger partial charge is 0.418 e. The van der Waals surface area contributed by atoms with Crippen molar-refractivity contribution in [1.29, 1.82) is 0 Å². The summed E-state index contributed by atoms with van der Waals surface area (Å²) in [5.74, 6) is 0. The fourth-order valence-electron chi connectivity index (χ4n) is 1.39. The molecule has 1 nitrogen and oxygen atoms in total. The quantitative estimate of drug-likeness (QED) is 0.803. The second-order valence-corrected chi connectivity index (χ2v) is 3.76. The third kappa shape index (κ3) is 3.75. The lowest BCUT2D eigenvalue weighted by Crippen LogP contribution is -2.29. The number of alkyl halides is 3. The Labute approximate surface area is 97.9 Å². The Hall–Kier alpha value is -1.55. The van der Waals surface area contributed by atoms with Crippen molar-refractivity contribution in [3.05, 3.63) is 54.1 Å². The van der Waals surface area contributed by atoms with Crippen LogP contribution in [0.15, 0.2) is 48.6 Å². The molecule has 0 fully saturated rings. The van der Waals surface area contributed by atoms with E-state index < -0.39 is 12.3 Å². The van der Waals surface area contributed by atoms with Crippen LogP contribution in [-0.4, -0.2) is 17.4 Å². The summed E-state index contributed by atoms with van der Waals surface area (Å²) >= 11 is 0. The van der Waals surface area contributed by atoms with Crippen LogP contribution in [0, 0.1) is 0 Å². The van der Waals surface area contributed by atoms with Gasteiger partial charge in [0.2, 0.25) is 0 Å². The zero-order valence-electron chi connectivity index (χ0n) is 9.33. The number of hydrogen-bond donors (Lipinski definition) is 1. The highest BCUT2D eigenvalue weighted by Crippen LogP contribution is 2.31. The number of rotatable bonds is 3. The van der Waals surface area contributed by atoms with E-state index in [1.54, 1.807) is 25.1 Å². The van der Waals surface area contributed by atoms with Gasteiger partial charge < -0.3 is 5.11 Å². The van der Waals surface area contributed by atoms with Crippen LogP contribution in [0.1, 0.15) is 12.5 Å². The van der Waals surface area contributed by atoms with E-state index in [2.05, 4.69) is 6.58 Å². The van der Waals surface area contributed by atoms with E-state index in [1.165, 1.54) is 18.2 Å². The average molecular weight is 242 g/mol. The first-order valence-corrected chi connectivity index (χ1v) is 4.99. The molecule has 0 aromatic heterocycles. The number of allylic oxidation sites excluding steroid dienone is 2. The molecular weight excluding hydrogens is 229 g/mol. The van der Waals surface area contributed by atoms with E-state index in [9.17, 15) is 18.3 Å². The molecule has 17 heavy (non-hydrogen) atoms. The standard InChI is InChI=1S/C13H13F3O/c1-9(2)8-11(12(17)13(14,15)16)10-6-4-3-5-7-10/h3-8,12,17H,1H2,2H3/b11-8+. The van der Waals surface area contributed by atoms with Crippen LogP contribution in [0.3, 0.4) is 0 Å². The Morgan fingerprint density at radius 2 is 1.82 bits per heavy atom. The molecule has 1 rings (SSSR count). The lowest BCUT2D eigenvalue weighted by atomic mass is 9.98. The van der Waals surface area contributed by atoms with Gasteiger partial charge >= 0.3 is 6.18 Å². The van der Waals surface area contributed by atoms with Crippen LogP contribution in [0.25, 0.3) is 5.57 Å². The predicted molar refractivity (Wildman–Crippen MR) is 61.3 cm³/mol. The molecule has 1 unspecified atom stereocenters. The SMILES string of the molecule is C=C(C)/C=C(\c1ccccc1)C(O)C(F)(F)F. The molecule has 0 heterocycles. The molecule has 0 aliphatic carbocycles. The molecule has 1 aromatic carbocycles. The Balaban J connectivity index is 3.20. The van der Waals surface area contributed by atoms with Gasteiger partial charge in [-0.25, -0.2) is 0 Å². The third-order valence-corrected chi connectivity index (χ3v) is 2.11. The summed E-state index contributed by atoms with van der Waals surface area (Å²) in [7, 11) is 0. The molecule has 0 radical (unpaired) electrons. The zero-order valence-corrected chi connectivity index (χ0v) is 9.33. The van der Waals surface area contributed by atoms with Crippen molar-refractivity contribution in [3.63, 3.8) is 0 Å². The Bertz CT molecular complexity index is 418. The first-order chi connectivity index (χ1) is 7.82. The summed E-state index contributed by atoms with van der Waals surface area (Å²) in [6.45, 7) is 5.11. The molecule has 0 amide bonds. The van der Waals surface area contributed by atoms with Gasteiger partial charge in [0.05, 0.1) is 0 Å². The van der Waals surface area contributed by atoms with Crippen LogP contribution in [0.2, 0.25) is 0 Å². The summed E-state index contributed by atoms with van der Waals surface area (Å²) < 4.78 is 37.5. The minimum atomic E-state index is -4.68. The summed E-state index contributed by atoms with van der Waals surface area (Å²) in [4.78, 5) is 0. The van der Waals surface area contributed by atoms with Gasteiger partial charge in [0.15, 0.2) is 6.10 Å². The summed E-state index contributed by atoms with van der Waals surface area (Å²) in [6.07, 6.45) is -5.94. The van der Waals surface area contributed by atoms with Crippen molar-refractivity contribution in [2.24, 2.45) is 0 Å². The monoisotopic (exact) mass is 242 g/mol. The van der Waals surface area contributed by atoms with E-state index in [0.29, 0.717) is 11.1 Å². The van der Waals surface area contributed by atoms with E-state index in [-0.39, 0.29) is 5.57 Å². The van der Waals surface area contributed by atoms with Crippen molar-refractivity contribution >= 4 is 5.57 Å². The van der Waals surface area contributed by atoms with Gasteiger partial charge in [-0.15, -0.1) is 0 Å². The third-order valence-electron chi connectivity index (χ3n) is 2.11. The molecule has 0 aliphatic heterocycles. The summed E-state index contributed by atoms with van der Waals surface area (Å²) in [5, 5.41) is 9.31. The lowest BCUT2D eigenvalue weighted by molar-refractivity contribution is -0.184. The van der Waals surface area contributed by atoms with Crippen molar-refractivity contribution < 1.29 is 18.3 Å². The highest BCUT2D eigenvalue weighted by Gasteiger charge is 2.40. The van der Waals surface area contributed by atoms with Gasteiger partial charge in [0.1, 0.15) is 0 Å². The van der Waals surface area contributed by atoms with E-state index >= 15 is 0 Å².